The largest absolute Gasteiger partial charge is 0.396 e. The molecule has 3 heteroatoms. The Labute approximate surface area is 119 Å². The van der Waals surface area contributed by atoms with Crippen molar-refractivity contribution in [2.45, 2.75) is 26.3 Å². The normalized spacial score (nSPS) is 12.2. The second kappa shape index (κ2) is 6.53. The minimum absolute atomic E-state index is 0.0359. The van der Waals surface area contributed by atoms with Gasteiger partial charge in [-0.15, -0.1) is 0 Å². The molecule has 0 saturated heterocycles. The number of hydrogen-bond donors (Lipinski definition) is 2. The van der Waals surface area contributed by atoms with Gasteiger partial charge in [0, 0.05) is 18.3 Å². The van der Waals surface area contributed by atoms with Crippen molar-refractivity contribution < 1.29 is 9.50 Å². The summed E-state index contributed by atoms with van der Waals surface area (Å²) in [6, 6.07) is 13.3. The molecule has 0 spiro atoms. The minimum Gasteiger partial charge on any atom is -0.396 e. The fraction of sp³-hybridized carbons (Fsp3) is 0.294. The Kier molecular flexibility index (Phi) is 4.74. The van der Waals surface area contributed by atoms with Crippen molar-refractivity contribution in [3.05, 3.63) is 65.0 Å². The molecule has 2 N–H and O–H groups in total. The van der Waals surface area contributed by atoms with Crippen LogP contribution in [0.5, 0.6) is 0 Å². The van der Waals surface area contributed by atoms with E-state index in [1.54, 1.807) is 19.1 Å². The maximum atomic E-state index is 13.6. The van der Waals surface area contributed by atoms with Gasteiger partial charge in [0.1, 0.15) is 5.82 Å². The average molecular weight is 273 g/mol. The highest BCUT2D eigenvalue weighted by molar-refractivity contribution is 5.47. The summed E-state index contributed by atoms with van der Waals surface area (Å²) in [7, 11) is 0. The third-order valence-corrected chi connectivity index (χ3v) is 3.43. The number of hydrogen-bond acceptors (Lipinski definition) is 2. The van der Waals surface area contributed by atoms with Gasteiger partial charge in [-0.25, -0.2) is 4.39 Å². The highest BCUT2D eigenvalue weighted by atomic mass is 19.1. The lowest BCUT2D eigenvalue weighted by Gasteiger charge is -2.16. The molecule has 0 fully saturated rings. The molecular formula is C17H20FNO. The molecule has 2 rings (SSSR count). The first-order valence-electron chi connectivity index (χ1n) is 6.82. The van der Waals surface area contributed by atoms with Crippen LogP contribution in [0.15, 0.2) is 42.5 Å². The van der Waals surface area contributed by atoms with E-state index in [9.17, 15) is 4.39 Å². The van der Waals surface area contributed by atoms with E-state index in [-0.39, 0.29) is 18.5 Å². The van der Waals surface area contributed by atoms with Crippen LogP contribution >= 0.6 is 0 Å². The zero-order chi connectivity index (χ0) is 14.5. The molecule has 0 radical (unpaired) electrons. The number of aryl methyl sites for hydroxylation is 1. The van der Waals surface area contributed by atoms with E-state index >= 15 is 0 Å². The number of halogens is 1. The minimum atomic E-state index is -0.172. The molecule has 0 saturated carbocycles. The molecule has 0 aliphatic rings. The van der Waals surface area contributed by atoms with Crippen molar-refractivity contribution in [2.75, 3.05) is 11.9 Å². The molecule has 0 aromatic heterocycles. The quantitative estimate of drug-likeness (QED) is 0.867. The van der Waals surface area contributed by atoms with E-state index in [1.807, 2.05) is 37.3 Å². The van der Waals surface area contributed by atoms with Gasteiger partial charge in [-0.05, 0) is 55.2 Å². The molecule has 0 aliphatic carbocycles. The zero-order valence-corrected chi connectivity index (χ0v) is 11.9. The fourth-order valence-corrected chi connectivity index (χ4v) is 2.11. The predicted molar refractivity (Wildman–Crippen MR) is 80.4 cm³/mol. The number of rotatable bonds is 5. The molecule has 1 atom stereocenters. The molecule has 106 valence electrons. The first-order valence-corrected chi connectivity index (χ1v) is 6.82. The van der Waals surface area contributed by atoms with Crippen molar-refractivity contribution >= 4 is 5.69 Å². The standard InChI is InChI=1S/C17H20FNO/c1-12-3-6-15(11-17(12)18)13(2)19-16-7-4-14(5-8-16)9-10-20/h3-8,11,13,19-20H,9-10H2,1-2H3. The topological polar surface area (TPSA) is 32.3 Å². The van der Waals surface area contributed by atoms with Crippen molar-refractivity contribution in [2.24, 2.45) is 0 Å². The van der Waals surface area contributed by atoms with Crippen LogP contribution in [0.1, 0.15) is 29.7 Å². The molecule has 0 aliphatic heterocycles. The summed E-state index contributed by atoms with van der Waals surface area (Å²) >= 11 is 0. The molecule has 0 heterocycles. The van der Waals surface area contributed by atoms with E-state index in [1.165, 1.54) is 0 Å². The molecule has 2 aromatic carbocycles. The van der Waals surface area contributed by atoms with E-state index < -0.39 is 0 Å². The van der Waals surface area contributed by atoms with Crippen LogP contribution in [0.4, 0.5) is 10.1 Å². The Morgan fingerprint density at radius 2 is 1.85 bits per heavy atom. The monoisotopic (exact) mass is 273 g/mol. The van der Waals surface area contributed by atoms with E-state index in [4.69, 9.17) is 5.11 Å². The van der Waals surface area contributed by atoms with Gasteiger partial charge in [0.25, 0.3) is 0 Å². The van der Waals surface area contributed by atoms with Crippen LogP contribution in [0.2, 0.25) is 0 Å². The van der Waals surface area contributed by atoms with Gasteiger partial charge in [0.2, 0.25) is 0 Å². The van der Waals surface area contributed by atoms with Gasteiger partial charge < -0.3 is 10.4 Å². The third kappa shape index (κ3) is 3.58. The number of benzene rings is 2. The van der Waals surface area contributed by atoms with Crippen LogP contribution in [0, 0.1) is 12.7 Å². The first kappa shape index (κ1) is 14.5. The summed E-state index contributed by atoms with van der Waals surface area (Å²) in [6.45, 7) is 3.93. The molecule has 0 bridgehead atoms. The second-order valence-electron chi connectivity index (χ2n) is 5.05. The van der Waals surface area contributed by atoms with E-state index in [0.717, 1.165) is 16.8 Å². The van der Waals surface area contributed by atoms with Crippen molar-refractivity contribution in [1.82, 2.24) is 0 Å². The van der Waals surface area contributed by atoms with Crippen molar-refractivity contribution in [1.29, 1.82) is 0 Å². The van der Waals surface area contributed by atoms with E-state index in [2.05, 4.69) is 5.32 Å². The number of nitrogens with one attached hydrogen (secondary N) is 1. The Balaban J connectivity index is 2.06. The van der Waals surface area contributed by atoms with Crippen LogP contribution in [0.25, 0.3) is 0 Å². The predicted octanol–water partition coefficient (Wildman–Crippen LogP) is 3.84. The lowest BCUT2D eigenvalue weighted by atomic mass is 10.1. The SMILES string of the molecule is Cc1ccc(C(C)Nc2ccc(CCO)cc2)cc1F. The zero-order valence-electron chi connectivity index (χ0n) is 11.9. The highest BCUT2D eigenvalue weighted by Crippen LogP contribution is 2.21. The van der Waals surface area contributed by atoms with Crippen molar-refractivity contribution in [3.63, 3.8) is 0 Å². The van der Waals surface area contributed by atoms with Gasteiger partial charge in [-0.3, -0.25) is 0 Å². The summed E-state index contributed by atoms with van der Waals surface area (Å²) < 4.78 is 13.6. The highest BCUT2D eigenvalue weighted by Gasteiger charge is 2.07. The van der Waals surface area contributed by atoms with Gasteiger partial charge >= 0.3 is 0 Å². The number of aliphatic hydroxyl groups excluding tert-OH is 1. The Bertz CT molecular complexity index is 566. The molecule has 0 amide bonds. The average Bonchev–Trinajstić information content (AvgIpc) is 2.44. The third-order valence-electron chi connectivity index (χ3n) is 3.43. The summed E-state index contributed by atoms with van der Waals surface area (Å²) in [5, 5.41) is 12.2. The Hall–Kier alpha value is -1.87. The maximum absolute atomic E-state index is 13.6. The summed E-state index contributed by atoms with van der Waals surface area (Å²) in [5.41, 5.74) is 3.68. The summed E-state index contributed by atoms with van der Waals surface area (Å²) in [5.74, 6) is -0.172. The van der Waals surface area contributed by atoms with Crippen LogP contribution < -0.4 is 5.32 Å². The maximum Gasteiger partial charge on any atom is 0.126 e. The number of aliphatic hydroxyl groups is 1. The van der Waals surface area contributed by atoms with Crippen LogP contribution in [-0.2, 0) is 6.42 Å². The number of anilines is 1. The molecule has 1 unspecified atom stereocenters. The Morgan fingerprint density at radius 1 is 1.15 bits per heavy atom. The van der Waals surface area contributed by atoms with Gasteiger partial charge in [0.15, 0.2) is 0 Å². The van der Waals surface area contributed by atoms with Gasteiger partial charge in [-0.1, -0.05) is 24.3 Å². The van der Waals surface area contributed by atoms with Gasteiger partial charge in [-0.2, -0.15) is 0 Å². The van der Waals surface area contributed by atoms with Crippen molar-refractivity contribution in [3.8, 4) is 0 Å². The molecule has 2 aromatic rings. The molecule has 20 heavy (non-hydrogen) atoms. The van der Waals surface area contributed by atoms with Gasteiger partial charge in [0.05, 0.1) is 0 Å². The summed E-state index contributed by atoms with van der Waals surface area (Å²) in [4.78, 5) is 0. The summed E-state index contributed by atoms with van der Waals surface area (Å²) in [6.07, 6.45) is 0.666. The Morgan fingerprint density at radius 3 is 2.45 bits per heavy atom. The fourth-order valence-electron chi connectivity index (χ4n) is 2.11. The van der Waals surface area contributed by atoms with Crippen LogP contribution in [0.3, 0.4) is 0 Å². The van der Waals surface area contributed by atoms with Crippen LogP contribution in [-0.4, -0.2) is 11.7 Å². The smallest absolute Gasteiger partial charge is 0.126 e. The molecule has 2 nitrogen and oxygen atoms in total. The lowest BCUT2D eigenvalue weighted by molar-refractivity contribution is 0.299. The first-order chi connectivity index (χ1) is 9.60. The lowest BCUT2D eigenvalue weighted by Crippen LogP contribution is -2.07. The molecular weight excluding hydrogens is 253 g/mol. The van der Waals surface area contributed by atoms with E-state index in [0.29, 0.717) is 12.0 Å². The second-order valence-corrected chi connectivity index (χ2v) is 5.05.